The van der Waals surface area contributed by atoms with Gasteiger partial charge in [0, 0.05) is 17.1 Å². The Morgan fingerprint density at radius 3 is 1.21 bits per heavy atom. The first-order valence-electron chi connectivity index (χ1n) is 10.5. The smallest absolute Gasteiger partial charge is 0.337 e. The topological polar surface area (TPSA) is 226 Å². The molecule has 0 saturated carbocycles. The first-order chi connectivity index (χ1) is 18.0. The molecular formula is C25H27N5O8. The first kappa shape index (κ1) is 30.4. The summed E-state index contributed by atoms with van der Waals surface area (Å²) in [6, 6.07) is 17.2. The van der Waals surface area contributed by atoms with E-state index in [1.165, 1.54) is 50.6 Å². The molecule has 0 heterocycles. The number of nitrogens with two attached hydrogens (primary N) is 3. The van der Waals surface area contributed by atoms with E-state index < -0.39 is 24.0 Å². The maximum absolute atomic E-state index is 11.0. The minimum absolute atomic E-state index is 0.162. The van der Waals surface area contributed by atoms with Crippen LogP contribution in [0.3, 0.4) is 0 Å². The van der Waals surface area contributed by atoms with E-state index in [-0.39, 0.29) is 11.5 Å². The molecule has 0 atom stereocenters. The van der Waals surface area contributed by atoms with Crippen LogP contribution in [0.5, 0.6) is 0 Å². The van der Waals surface area contributed by atoms with Gasteiger partial charge in [0.15, 0.2) is 0 Å². The monoisotopic (exact) mass is 525 g/mol. The van der Waals surface area contributed by atoms with Gasteiger partial charge in [-0.05, 0) is 72.8 Å². The van der Waals surface area contributed by atoms with Gasteiger partial charge in [0.25, 0.3) is 0 Å². The molecule has 4 amide bonds. The van der Waals surface area contributed by atoms with E-state index in [1.807, 2.05) is 0 Å². The molecule has 0 spiro atoms. The number of benzene rings is 3. The summed E-state index contributed by atoms with van der Waals surface area (Å²) in [5.41, 5.74) is 17.9. The lowest BCUT2D eigenvalue weighted by molar-refractivity contribution is 0.0592. The number of aromatic carboxylic acids is 1. The van der Waals surface area contributed by atoms with Crippen LogP contribution < -0.4 is 27.8 Å². The number of ether oxygens (including phenoxy) is 2. The van der Waals surface area contributed by atoms with Gasteiger partial charge in [-0.3, -0.25) is 0 Å². The molecule has 200 valence electrons. The number of carboxylic acids is 1. The lowest BCUT2D eigenvalue weighted by Gasteiger charge is -2.02. The summed E-state index contributed by atoms with van der Waals surface area (Å²) in [5, 5.41) is 13.2. The van der Waals surface area contributed by atoms with E-state index in [1.54, 1.807) is 36.4 Å². The SMILES string of the molecule is COC(=O)c1ccc(N)cc1.COC(=O)c1ccc(NC(N)=O)cc1.NC(=O)Nc1ccc(C(=O)O)cc1. The van der Waals surface area contributed by atoms with Crippen molar-refractivity contribution >= 4 is 47.0 Å². The second-order valence-corrected chi connectivity index (χ2v) is 7.04. The number of carbonyl (C=O) groups excluding carboxylic acids is 4. The first-order valence-corrected chi connectivity index (χ1v) is 10.5. The molecule has 0 aliphatic carbocycles. The highest BCUT2D eigenvalue weighted by molar-refractivity contribution is 5.92. The molecule has 13 heteroatoms. The van der Waals surface area contributed by atoms with Crippen molar-refractivity contribution in [2.75, 3.05) is 30.6 Å². The van der Waals surface area contributed by atoms with E-state index in [0.29, 0.717) is 28.2 Å². The Balaban J connectivity index is 0.000000287. The average Bonchev–Trinajstić information content (AvgIpc) is 2.89. The van der Waals surface area contributed by atoms with Crippen LogP contribution in [0.25, 0.3) is 0 Å². The van der Waals surface area contributed by atoms with Gasteiger partial charge in [0.05, 0.1) is 30.9 Å². The third-order valence-electron chi connectivity index (χ3n) is 4.30. The van der Waals surface area contributed by atoms with Crippen LogP contribution in [0, 0.1) is 0 Å². The van der Waals surface area contributed by atoms with Crippen molar-refractivity contribution < 1.29 is 38.6 Å². The van der Waals surface area contributed by atoms with E-state index in [4.69, 9.17) is 22.3 Å². The predicted octanol–water partition coefficient (Wildman–Crippen LogP) is 2.89. The number of urea groups is 2. The van der Waals surface area contributed by atoms with E-state index in [9.17, 15) is 24.0 Å². The Morgan fingerprint density at radius 2 is 0.921 bits per heavy atom. The fourth-order valence-electron chi connectivity index (χ4n) is 2.53. The molecular weight excluding hydrogens is 498 g/mol. The Hall–Kier alpha value is -5.59. The number of anilines is 3. The number of nitrogen functional groups attached to an aromatic ring is 1. The zero-order chi connectivity index (χ0) is 28.7. The quantitative estimate of drug-likeness (QED) is 0.212. The van der Waals surface area contributed by atoms with Crippen molar-refractivity contribution in [3.63, 3.8) is 0 Å². The Bertz CT molecular complexity index is 1240. The van der Waals surface area contributed by atoms with Gasteiger partial charge in [-0.1, -0.05) is 0 Å². The van der Waals surface area contributed by atoms with Crippen molar-refractivity contribution in [3.05, 3.63) is 89.5 Å². The molecule has 3 aromatic carbocycles. The molecule has 38 heavy (non-hydrogen) atoms. The lowest BCUT2D eigenvalue weighted by Crippen LogP contribution is -2.19. The number of methoxy groups -OCH3 is 2. The summed E-state index contributed by atoms with van der Waals surface area (Å²) in [7, 11) is 2.65. The van der Waals surface area contributed by atoms with Crippen LogP contribution in [0.15, 0.2) is 72.8 Å². The lowest BCUT2D eigenvalue weighted by atomic mass is 10.2. The number of carbonyl (C=O) groups is 5. The minimum Gasteiger partial charge on any atom is -0.478 e. The summed E-state index contributed by atoms with van der Waals surface area (Å²) in [6.45, 7) is 0. The molecule has 3 aromatic rings. The van der Waals surface area contributed by atoms with Crippen molar-refractivity contribution in [1.82, 2.24) is 0 Å². The summed E-state index contributed by atoms with van der Waals surface area (Å²) >= 11 is 0. The minimum atomic E-state index is -1.01. The second kappa shape index (κ2) is 15.4. The maximum atomic E-state index is 11.0. The number of hydrogen-bond donors (Lipinski definition) is 6. The van der Waals surface area contributed by atoms with Crippen LogP contribution in [0.1, 0.15) is 31.1 Å². The zero-order valence-corrected chi connectivity index (χ0v) is 20.5. The number of hydrogen-bond acceptors (Lipinski definition) is 8. The van der Waals surface area contributed by atoms with E-state index in [0.717, 1.165) is 0 Å². The van der Waals surface area contributed by atoms with Gasteiger partial charge >= 0.3 is 30.0 Å². The van der Waals surface area contributed by atoms with E-state index >= 15 is 0 Å². The van der Waals surface area contributed by atoms with E-state index in [2.05, 4.69) is 20.1 Å². The maximum Gasteiger partial charge on any atom is 0.337 e. The van der Waals surface area contributed by atoms with Crippen molar-refractivity contribution in [3.8, 4) is 0 Å². The average molecular weight is 526 g/mol. The standard InChI is InChI=1S/C9H10N2O3.C8H8N2O3.C8H9NO2/c1-14-8(12)6-2-4-7(5-3-6)11-9(10)13;9-8(13)10-6-3-1-5(2-4-6)7(11)12;1-11-8(10)6-2-4-7(9)5-3-6/h2-5H,1H3,(H3,10,11,13);1-4H,(H,11,12)(H3,9,10,13);2-5H,9H2,1H3. The Kier molecular flexibility index (Phi) is 12.3. The van der Waals surface area contributed by atoms with Gasteiger partial charge in [-0.2, -0.15) is 0 Å². The van der Waals surface area contributed by atoms with Crippen LogP contribution in [-0.4, -0.2) is 49.3 Å². The molecule has 0 aromatic heterocycles. The highest BCUT2D eigenvalue weighted by Crippen LogP contribution is 2.10. The van der Waals surface area contributed by atoms with Crippen molar-refractivity contribution in [2.45, 2.75) is 0 Å². The Morgan fingerprint density at radius 1 is 0.605 bits per heavy atom. The predicted molar refractivity (Wildman–Crippen MR) is 140 cm³/mol. The molecule has 13 nitrogen and oxygen atoms in total. The van der Waals surface area contributed by atoms with Gasteiger partial charge in [0.1, 0.15) is 0 Å². The van der Waals surface area contributed by atoms with Crippen LogP contribution >= 0.6 is 0 Å². The van der Waals surface area contributed by atoms with Gasteiger partial charge in [-0.25, -0.2) is 24.0 Å². The molecule has 0 bridgehead atoms. The number of nitrogens with one attached hydrogen (secondary N) is 2. The van der Waals surface area contributed by atoms with Gasteiger partial charge < -0.3 is 42.4 Å². The van der Waals surface area contributed by atoms with Gasteiger partial charge in [-0.15, -0.1) is 0 Å². The summed E-state index contributed by atoms with van der Waals surface area (Å²) in [5.74, 6) is -1.77. The molecule has 0 saturated heterocycles. The number of esters is 2. The molecule has 0 radical (unpaired) electrons. The molecule has 3 rings (SSSR count). The number of primary amides is 2. The number of rotatable bonds is 5. The molecule has 0 fully saturated rings. The summed E-state index contributed by atoms with van der Waals surface area (Å²) in [6.07, 6.45) is 0. The highest BCUT2D eigenvalue weighted by atomic mass is 16.5. The number of carboxylic acid groups (broad SMARTS) is 1. The number of amides is 4. The molecule has 0 aliphatic rings. The summed E-state index contributed by atoms with van der Waals surface area (Å²) in [4.78, 5) is 53.1. The fourth-order valence-corrected chi connectivity index (χ4v) is 2.53. The van der Waals surface area contributed by atoms with Crippen molar-refractivity contribution in [2.24, 2.45) is 11.5 Å². The molecule has 0 unspecified atom stereocenters. The van der Waals surface area contributed by atoms with Crippen LogP contribution in [-0.2, 0) is 9.47 Å². The van der Waals surface area contributed by atoms with Gasteiger partial charge in [0.2, 0.25) is 0 Å². The van der Waals surface area contributed by atoms with Crippen LogP contribution in [0.4, 0.5) is 26.7 Å². The normalized spacial score (nSPS) is 9.21. The summed E-state index contributed by atoms with van der Waals surface area (Å²) < 4.78 is 9.00. The second-order valence-electron chi connectivity index (χ2n) is 7.04. The Labute approximate surface area is 217 Å². The largest absolute Gasteiger partial charge is 0.478 e. The van der Waals surface area contributed by atoms with Crippen LogP contribution in [0.2, 0.25) is 0 Å². The fraction of sp³-hybridized carbons (Fsp3) is 0.0800. The zero-order valence-electron chi connectivity index (χ0n) is 20.5. The molecule has 9 N–H and O–H groups in total. The third kappa shape index (κ3) is 11.2. The third-order valence-corrected chi connectivity index (χ3v) is 4.30. The molecule has 0 aliphatic heterocycles. The highest BCUT2D eigenvalue weighted by Gasteiger charge is 2.05. The van der Waals surface area contributed by atoms with Crippen molar-refractivity contribution in [1.29, 1.82) is 0 Å².